The van der Waals surface area contributed by atoms with E-state index in [1.165, 1.54) is 42.4 Å². The van der Waals surface area contributed by atoms with E-state index in [4.69, 9.17) is 0 Å². The molecular weight excluding hydrogens is 246 g/mol. The molecule has 104 valence electrons. The number of hydrogen-bond donors (Lipinski definition) is 1. The number of hydrogen-bond acceptors (Lipinski definition) is 3. The van der Waals surface area contributed by atoms with Gasteiger partial charge in [0.25, 0.3) is 0 Å². The zero-order chi connectivity index (χ0) is 13.9. The van der Waals surface area contributed by atoms with E-state index in [1.54, 1.807) is 0 Å². The van der Waals surface area contributed by atoms with Gasteiger partial charge >= 0.3 is 0 Å². The number of fused-ring (bicyclic) bond motifs is 1. The SMILES string of the molecule is CC(C)Nc1ccc(-c2ccc3c(c2)CCCC3)nn1. The summed E-state index contributed by atoms with van der Waals surface area (Å²) in [6, 6.07) is 11.1. The van der Waals surface area contributed by atoms with Crippen molar-refractivity contribution in [3.05, 3.63) is 41.5 Å². The molecule has 3 rings (SSSR count). The summed E-state index contributed by atoms with van der Waals surface area (Å²) < 4.78 is 0. The maximum atomic E-state index is 4.34. The van der Waals surface area contributed by atoms with Crippen LogP contribution in [0, 0.1) is 0 Å². The number of anilines is 1. The summed E-state index contributed by atoms with van der Waals surface area (Å²) in [7, 11) is 0. The van der Waals surface area contributed by atoms with Gasteiger partial charge in [-0.1, -0.05) is 12.1 Å². The van der Waals surface area contributed by atoms with Crippen molar-refractivity contribution in [2.45, 2.75) is 45.6 Å². The normalized spacial score (nSPS) is 14.2. The minimum absolute atomic E-state index is 0.374. The molecule has 0 saturated heterocycles. The molecule has 1 aliphatic carbocycles. The summed E-state index contributed by atoms with van der Waals surface area (Å²) >= 11 is 0. The largest absolute Gasteiger partial charge is 0.366 e. The molecule has 2 aromatic rings. The van der Waals surface area contributed by atoms with Crippen molar-refractivity contribution in [1.82, 2.24) is 10.2 Å². The molecule has 1 aliphatic rings. The van der Waals surface area contributed by atoms with Crippen LogP contribution in [0.5, 0.6) is 0 Å². The molecule has 0 bridgehead atoms. The molecule has 0 unspecified atom stereocenters. The van der Waals surface area contributed by atoms with Crippen molar-refractivity contribution in [2.24, 2.45) is 0 Å². The second kappa shape index (κ2) is 5.61. The highest BCUT2D eigenvalue weighted by Gasteiger charge is 2.11. The third kappa shape index (κ3) is 2.82. The van der Waals surface area contributed by atoms with Crippen LogP contribution in [-0.4, -0.2) is 16.2 Å². The third-order valence-corrected chi connectivity index (χ3v) is 3.75. The Bertz CT molecular complexity index is 588. The quantitative estimate of drug-likeness (QED) is 0.918. The van der Waals surface area contributed by atoms with Crippen molar-refractivity contribution in [2.75, 3.05) is 5.32 Å². The second-order valence-electron chi connectivity index (χ2n) is 5.79. The van der Waals surface area contributed by atoms with Crippen LogP contribution in [0.3, 0.4) is 0 Å². The number of nitrogens with one attached hydrogen (secondary N) is 1. The molecule has 1 heterocycles. The Hall–Kier alpha value is -1.90. The fourth-order valence-electron chi connectivity index (χ4n) is 2.75. The Kier molecular flexibility index (Phi) is 3.68. The van der Waals surface area contributed by atoms with Crippen molar-refractivity contribution in [3.8, 4) is 11.3 Å². The fraction of sp³-hybridized carbons (Fsp3) is 0.412. The lowest BCUT2D eigenvalue weighted by Crippen LogP contribution is -2.11. The molecule has 1 N–H and O–H groups in total. The summed E-state index contributed by atoms with van der Waals surface area (Å²) in [5, 5.41) is 11.8. The maximum Gasteiger partial charge on any atom is 0.148 e. The first kappa shape index (κ1) is 13.1. The van der Waals surface area contributed by atoms with Gasteiger partial charge in [-0.3, -0.25) is 0 Å². The molecule has 3 heteroatoms. The number of rotatable bonds is 3. The Morgan fingerprint density at radius 3 is 2.45 bits per heavy atom. The van der Waals surface area contributed by atoms with Gasteiger partial charge in [-0.25, -0.2) is 0 Å². The summed E-state index contributed by atoms with van der Waals surface area (Å²) in [5.74, 6) is 0.835. The molecule has 0 fully saturated rings. The van der Waals surface area contributed by atoms with Crippen LogP contribution in [0.4, 0.5) is 5.82 Å². The van der Waals surface area contributed by atoms with Crippen molar-refractivity contribution < 1.29 is 0 Å². The summed E-state index contributed by atoms with van der Waals surface area (Å²) in [6.45, 7) is 4.19. The molecule has 0 saturated carbocycles. The predicted octanol–water partition coefficient (Wildman–Crippen LogP) is 3.84. The Balaban J connectivity index is 1.85. The monoisotopic (exact) mass is 267 g/mol. The number of benzene rings is 1. The molecule has 1 aromatic heterocycles. The third-order valence-electron chi connectivity index (χ3n) is 3.75. The van der Waals surface area contributed by atoms with Gasteiger partial charge in [-0.05, 0) is 68.9 Å². The summed E-state index contributed by atoms with van der Waals surface area (Å²) in [4.78, 5) is 0. The van der Waals surface area contributed by atoms with E-state index in [-0.39, 0.29) is 0 Å². The first-order chi connectivity index (χ1) is 9.72. The molecule has 3 nitrogen and oxygen atoms in total. The minimum Gasteiger partial charge on any atom is -0.366 e. The molecule has 0 spiro atoms. The summed E-state index contributed by atoms with van der Waals surface area (Å²) in [6.07, 6.45) is 5.04. The number of nitrogens with zero attached hydrogens (tertiary/aromatic N) is 2. The van der Waals surface area contributed by atoms with Crippen molar-refractivity contribution in [3.63, 3.8) is 0 Å². The van der Waals surface area contributed by atoms with Gasteiger partial charge in [0.1, 0.15) is 5.82 Å². The standard InChI is InChI=1S/C17H21N3/c1-12(2)18-17-10-9-16(19-20-17)15-8-7-13-5-3-4-6-14(13)11-15/h7-12H,3-6H2,1-2H3,(H,18,20). The number of aryl methyl sites for hydroxylation is 2. The van der Waals surface area contributed by atoms with Crippen molar-refractivity contribution in [1.29, 1.82) is 0 Å². The molecule has 0 radical (unpaired) electrons. The smallest absolute Gasteiger partial charge is 0.148 e. The predicted molar refractivity (Wildman–Crippen MR) is 82.9 cm³/mol. The van der Waals surface area contributed by atoms with E-state index >= 15 is 0 Å². The first-order valence-corrected chi connectivity index (χ1v) is 7.45. The van der Waals surface area contributed by atoms with Gasteiger partial charge in [0.2, 0.25) is 0 Å². The lowest BCUT2D eigenvalue weighted by molar-refractivity contribution is 0.686. The molecule has 0 atom stereocenters. The average Bonchev–Trinajstić information content (AvgIpc) is 2.47. The van der Waals surface area contributed by atoms with Gasteiger partial charge in [0.05, 0.1) is 5.69 Å². The van der Waals surface area contributed by atoms with Crippen LogP contribution >= 0.6 is 0 Å². The Morgan fingerprint density at radius 1 is 0.950 bits per heavy atom. The van der Waals surface area contributed by atoms with E-state index in [2.05, 4.69) is 47.6 Å². The minimum atomic E-state index is 0.374. The lowest BCUT2D eigenvalue weighted by atomic mass is 9.90. The van der Waals surface area contributed by atoms with E-state index in [0.717, 1.165) is 11.5 Å². The van der Waals surface area contributed by atoms with Gasteiger partial charge in [-0.15, -0.1) is 10.2 Å². The highest BCUT2D eigenvalue weighted by atomic mass is 15.2. The van der Waals surface area contributed by atoms with Crippen LogP contribution in [0.15, 0.2) is 30.3 Å². The fourth-order valence-corrected chi connectivity index (χ4v) is 2.75. The van der Waals surface area contributed by atoms with Gasteiger partial charge < -0.3 is 5.32 Å². The molecule has 0 aliphatic heterocycles. The zero-order valence-electron chi connectivity index (χ0n) is 12.2. The first-order valence-electron chi connectivity index (χ1n) is 7.45. The average molecular weight is 267 g/mol. The molecular formula is C17H21N3. The highest BCUT2D eigenvalue weighted by Crippen LogP contribution is 2.26. The van der Waals surface area contributed by atoms with Crippen LogP contribution < -0.4 is 5.32 Å². The lowest BCUT2D eigenvalue weighted by Gasteiger charge is -2.16. The topological polar surface area (TPSA) is 37.8 Å². The second-order valence-corrected chi connectivity index (χ2v) is 5.79. The zero-order valence-corrected chi connectivity index (χ0v) is 12.2. The van der Waals surface area contributed by atoms with E-state index < -0.39 is 0 Å². The van der Waals surface area contributed by atoms with Gasteiger partial charge in [0, 0.05) is 11.6 Å². The van der Waals surface area contributed by atoms with E-state index in [1.807, 2.05) is 12.1 Å². The summed E-state index contributed by atoms with van der Waals surface area (Å²) in [5.41, 5.74) is 5.12. The van der Waals surface area contributed by atoms with Crippen LogP contribution in [-0.2, 0) is 12.8 Å². The van der Waals surface area contributed by atoms with Gasteiger partial charge in [-0.2, -0.15) is 0 Å². The van der Waals surface area contributed by atoms with Gasteiger partial charge in [0.15, 0.2) is 0 Å². The molecule has 0 amide bonds. The Labute approximate surface area is 120 Å². The molecule has 20 heavy (non-hydrogen) atoms. The van der Waals surface area contributed by atoms with Crippen LogP contribution in [0.25, 0.3) is 11.3 Å². The number of aromatic nitrogens is 2. The highest BCUT2D eigenvalue weighted by molar-refractivity contribution is 5.61. The van der Waals surface area contributed by atoms with E-state index in [0.29, 0.717) is 6.04 Å². The molecule has 1 aromatic carbocycles. The van der Waals surface area contributed by atoms with E-state index in [9.17, 15) is 0 Å². The Morgan fingerprint density at radius 2 is 1.75 bits per heavy atom. The van der Waals surface area contributed by atoms with Crippen LogP contribution in [0.1, 0.15) is 37.8 Å². The maximum absolute atomic E-state index is 4.34. The van der Waals surface area contributed by atoms with Crippen LogP contribution in [0.2, 0.25) is 0 Å². The van der Waals surface area contributed by atoms with Crippen molar-refractivity contribution >= 4 is 5.82 Å².